The van der Waals surface area contributed by atoms with Gasteiger partial charge < -0.3 is 10.2 Å². The zero-order valence-corrected chi connectivity index (χ0v) is 11.9. The first-order valence-electron chi connectivity index (χ1n) is 6.37. The summed E-state index contributed by atoms with van der Waals surface area (Å²) in [5.74, 6) is -0.0368. The van der Waals surface area contributed by atoms with Crippen LogP contribution in [0, 0.1) is 11.7 Å². The molecule has 1 amide bonds. The van der Waals surface area contributed by atoms with Crippen LogP contribution >= 0.6 is 12.4 Å². The molecule has 1 aromatic rings. The molecule has 0 atom stereocenters. The molecule has 1 fully saturated rings. The number of amides is 1. The lowest BCUT2D eigenvalue weighted by Crippen LogP contribution is -2.39. The summed E-state index contributed by atoms with van der Waals surface area (Å²) in [4.78, 5) is 13.8. The molecule has 0 bridgehead atoms. The van der Waals surface area contributed by atoms with E-state index in [4.69, 9.17) is 0 Å². The summed E-state index contributed by atoms with van der Waals surface area (Å²) >= 11 is 0. The number of halogens is 2. The third-order valence-corrected chi connectivity index (χ3v) is 3.43. The molecule has 0 aliphatic carbocycles. The Balaban J connectivity index is 0.00000180. The number of carbonyl (C=O) groups excluding carboxylic acids is 1. The molecule has 1 saturated heterocycles. The minimum atomic E-state index is -0.248. The van der Waals surface area contributed by atoms with Gasteiger partial charge in [-0.1, -0.05) is 18.2 Å². The summed E-state index contributed by atoms with van der Waals surface area (Å²) in [6.07, 6.45) is 1.75. The van der Waals surface area contributed by atoms with E-state index in [-0.39, 0.29) is 30.0 Å². The highest BCUT2D eigenvalue weighted by molar-refractivity contribution is 5.85. The van der Waals surface area contributed by atoms with E-state index >= 15 is 0 Å². The number of hydrogen-bond donors (Lipinski definition) is 1. The fraction of sp³-hybridized carbons (Fsp3) is 0.500. The second kappa shape index (κ2) is 7.46. The van der Waals surface area contributed by atoms with Gasteiger partial charge in [-0.05, 0) is 32.0 Å². The predicted molar refractivity (Wildman–Crippen MR) is 75.7 cm³/mol. The SMILES string of the molecule is CN(Cc1ccccc1F)C(=O)C1CCNCC1.Cl. The number of hydrogen-bond acceptors (Lipinski definition) is 2. The molecule has 19 heavy (non-hydrogen) atoms. The molecule has 0 saturated carbocycles. The van der Waals surface area contributed by atoms with Gasteiger partial charge in [0.1, 0.15) is 5.82 Å². The number of piperidine rings is 1. The maximum Gasteiger partial charge on any atom is 0.225 e. The second-order valence-electron chi connectivity index (χ2n) is 4.81. The van der Waals surface area contributed by atoms with E-state index in [0.717, 1.165) is 25.9 Å². The van der Waals surface area contributed by atoms with Crippen LogP contribution < -0.4 is 5.32 Å². The van der Waals surface area contributed by atoms with Gasteiger partial charge in [-0.3, -0.25) is 4.79 Å². The first-order valence-corrected chi connectivity index (χ1v) is 6.37. The number of benzene rings is 1. The molecule has 1 aliphatic rings. The van der Waals surface area contributed by atoms with Crippen LogP contribution in [0.4, 0.5) is 4.39 Å². The minimum absolute atomic E-state index is 0. The summed E-state index contributed by atoms with van der Waals surface area (Å²) in [5.41, 5.74) is 0.572. The lowest BCUT2D eigenvalue weighted by Gasteiger charge is -2.27. The van der Waals surface area contributed by atoms with E-state index in [0.29, 0.717) is 12.1 Å². The molecule has 0 aromatic heterocycles. The molecule has 1 aliphatic heterocycles. The van der Waals surface area contributed by atoms with E-state index in [1.165, 1.54) is 6.07 Å². The van der Waals surface area contributed by atoms with Gasteiger partial charge in [-0.15, -0.1) is 12.4 Å². The molecule has 1 aromatic carbocycles. The number of nitrogens with zero attached hydrogens (tertiary/aromatic N) is 1. The van der Waals surface area contributed by atoms with Gasteiger partial charge in [0.2, 0.25) is 5.91 Å². The Bertz CT molecular complexity index is 422. The molecule has 0 spiro atoms. The largest absolute Gasteiger partial charge is 0.341 e. The molecule has 5 heteroatoms. The Morgan fingerprint density at radius 1 is 1.37 bits per heavy atom. The summed E-state index contributed by atoms with van der Waals surface area (Å²) in [5, 5.41) is 3.24. The van der Waals surface area contributed by atoms with Crippen molar-refractivity contribution < 1.29 is 9.18 Å². The van der Waals surface area contributed by atoms with Crippen LogP contribution in [0.5, 0.6) is 0 Å². The van der Waals surface area contributed by atoms with Crippen molar-refractivity contribution in [2.24, 2.45) is 5.92 Å². The van der Waals surface area contributed by atoms with Gasteiger partial charge in [-0.2, -0.15) is 0 Å². The molecule has 1 N–H and O–H groups in total. The van der Waals surface area contributed by atoms with Gasteiger partial charge in [0.25, 0.3) is 0 Å². The summed E-state index contributed by atoms with van der Waals surface area (Å²) < 4.78 is 13.5. The van der Waals surface area contributed by atoms with Gasteiger partial charge in [-0.25, -0.2) is 4.39 Å². The third kappa shape index (κ3) is 4.18. The van der Waals surface area contributed by atoms with Crippen LogP contribution in [0.2, 0.25) is 0 Å². The van der Waals surface area contributed by atoms with Crippen molar-refractivity contribution in [1.29, 1.82) is 0 Å². The lowest BCUT2D eigenvalue weighted by molar-refractivity contribution is -0.135. The quantitative estimate of drug-likeness (QED) is 0.924. The summed E-state index contributed by atoms with van der Waals surface area (Å²) in [6.45, 7) is 2.13. The fourth-order valence-corrected chi connectivity index (χ4v) is 2.34. The van der Waals surface area contributed by atoms with Crippen molar-refractivity contribution in [2.75, 3.05) is 20.1 Å². The Hall–Kier alpha value is -1.13. The van der Waals surface area contributed by atoms with Crippen molar-refractivity contribution in [3.8, 4) is 0 Å². The lowest BCUT2D eigenvalue weighted by atomic mass is 9.96. The molecule has 0 unspecified atom stereocenters. The van der Waals surface area contributed by atoms with Crippen molar-refractivity contribution in [3.63, 3.8) is 0 Å². The maximum absolute atomic E-state index is 13.5. The van der Waals surface area contributed by atoms with Gasteiger partial charge >= 0.3 is 0 Å². The number of rotatable bonds is 3. The van der Waals surface area contributed by atoms with Crippen LogP contribution in [-0.4, -0.2) is 30.9 Å². The maximum atomic E-state index is 13.5. The highest BCUT2D eigenvalue weighted by Crippen LogP contribution is 2.16. The van der Waals surface area contributed by atoms with Gasteiger partial charge in [0.15, 0.2) is 0 Å². The average molecular weight is 287 g/mol. The zero-order valence-electron chi connectivity index (χ0n) is 11.1. The molecule has 2 rings (SSSR count). The van der Waals surface area contributed by atoms with Gasteiger partial charge in [0.05, 0.1) is 0 Å². The predicted octanol–water partition coefficient (Wildman–Crippen LogP) is 2.21. The Morgan fingerprint density at radius 3 is 2.63 bits per heavy atom. The second-order valence-corrected chi connectivity index (χ2v) is 4.81. The number of nitrogens with one attached hydrogen (secondary N) is 1. The molecule has 1 heterocycles. The standard InChI is InChI=1S/C14H19FN2O.ClH/c1-17(10-12-4-2-3-5-13(12)15)14(18)11-6-8-16-9-7-11;/h2-5,11,16H,6-10H2,1H3;1H. The first kappa shape index (κ1) is 15.9. The normalized spacial score (nSPS) is 15.7. The molecule has 106 valence electrons. The Labute approximate surface area is 119 Å². The number of carbonyl (C=O) groups is 1. The molecular weight excluding hydrogens is 267 g/mol. The highest BCUT2D eigenvalue weighted by atomic mass is 35.5. The van der Waals surface area contributed by atoms with Crippen molar-refractivity contribution >= 4 is 18.3 Å². The summed E-state index contributed by atoms with van der Waals surface area (Å²) in [6, 6.07) is 6.61. The van der Waals surface area contributed by atoms with Crippen molar-refractivity contribution in [1.82, 2.24) is 10.2 Å². The van der Waals surface area contributed by atoms with Crippen LogP contribution in [-0.2, 0) is 11.3 Å². The monoisotopic (exact) mass is 286 g/mol. The van der Waals surface area contributed by atoms with E-state index in [1.807, 2.05) is 0 Å². The van der Waals surface area contributed by atoms with Crippen LogP contribution in [0.3, 0.4) is 0 Å². The Kier molecular flexibility index (Phi) is 6.25. The van der Waals surface area contributed by atoms with Crippen LogP contribution in [0.25, 0.3) is 0 Å². The van der Waals surface area contributed by atoms with Crippen molar-refractivity contribution in [2.45, 2.75) is 19.4 Å². The van der Waals surface area contributed by atoms with E-state index in [2.05, 4.69) is 5.32 Å². The van der Waals surface area contributed by atoms with E-state index in [9.17, 15) is 9.18 Å². The molecular formula is C14H20ClFN2O. The smallest absolute Gasteiger partial charge is 0.225 e. The summed E-state index contributed by atoms with van der Waals surface area (Å²) in [7, 11) is 1.75. The van der Waals surface area contributed by atoms with E-state index < -0.39 is 0 Å². The van der Waals surface area contributed by atoms with E-state index in [1.54, 1.807) is 30.1 Å². The average Bonchev–Trinajstić information content (AvgIpc) is 2.41. The fourth-order valence-electron chi connectivity index (χ4n) is 2.34. The Morgan fingerprint density at radius 2 is 2.00 bits per heavy atom. The van der Waals surface area contributed by atoms with Crippen LogP contribution in [0.15, 0.2) is 24.3 Å². The highest BCUT2D eigenvalue weighted by Gasteiger charge is 2.24. The van der Waals surface area contributed by atoms with Crippen molar-refractivity contribution in [3.05, 3.63) is 35.6 Å². The molecule has 3 nitrogen and oxygen atoms in total. The minimum Gasteiger partial charge on any atom is -0.341 e. The van der Waals surface area contributed by atoms with Crippen LogP contribution in [0.1, 0.15) is 18.4 Å². The zero-order chi connectivity index (χ0) is 13.0. The third-order valence-electron chi connectivity index (χ3n) is 3.43. The van der Waals surface area contributed by atoms with Gasteiger partial charge in [0, 0.05) is 25.1 Å². The topological polar surface area (TPSA) is 32.3 Å². The molecule has 0 radical (unpaired) electrons. The first-order chi connectivity index (χ1) is 8.68.